The molecule has 86 heavy (non-hydrogen) atoms. The molecule has 0 aromatic heterocycles. The molecule has 480 valence electrons. The maximum atomic E-state index is 15.2. The molecule has 0 radical (unpaired) electrons. The van der Waals surface area contributed by atoms with Gasteiger partial charge in [-0.2, -0.15) is 180 Å². The number of hydrogen-bond donors (Lipinski definition) is 0. The minimum atomic E-state index is -7.54. The van der Waals surface area contributed by atoms with Gasteiger partial charge in [0, 0.05) is 28.4 Å². The van der Waals surface area contributed by atoms with E-state index >= 15 is 158 Å². The molecule has 0 atom stereocenters. The van der Waals surface area contributed by atoms with Crippen molar-refractivity contribution in [2.45, 2.75) is 96.5 Å². The second-order valence-corrected chi connectivity index (χ2v) is 17.8. The van der Waals surface area contributed by atoms with Gasteiger partial charge >= 0.3 is 104 Å². The Labute approximate surface area is 475 Å². The third-order valence-electron chi connectivity index (χ3n) is 13.2. The summed E-state index contributed by atoms with van der Waals surface area (Å²) in [4.78, 5) is 0. The molecule has 0 heterocycles. The zero-order valence-electron chi connectivity index (χ0n) is 41.7. The van der Waals surface area contributed by atoms with Gasteiger partial charge < -0.3 is 18.9 Å². The molecule has 0 aliphatic carbocycles. The van der Waals surface area contributed by atoms with Crippen LogP contribution in [0.1, 0.15) is 44.5 Å². The van der Waals surface area contributed by atoms with Crippen molar-refractivity contribution in [3.05, 3.63) is 117 Å². The summed E-state index contributed by atoms with van der Waals surface area (Å²) in [6, 6.07) is -17.6. The van der Waals surface area contributed by atoms with Crippen LogP contribution in [-0.2, 0) is 66.1 Å². The smallest absolute Gasteiger partial charge is 0.357 e. The standard InChI is InChI=1S/C44H24BF36O4.Na/c1-82-29(37(58,59)60,38(61,62)63)17-5-21(33(46,47)48)13-25(9-17)45(26-10-18(6-22(14-26)34(49,50)51)30(83-2,39(64,65)66)40(67,68)69,27-11-19(7-23(15-27)35(52,53)54)31(84-3,41(70,71)72)42(73,74)75)28-12-20(8-24(16-28)36(55,56)57)32(85-4,43(76,77)78)44(79,80)81;/h5-16H,1-4H3;/q-1;+1. The second kappa shape index (κ2) is 22.6. The number of alkyl halides is 36. The maximum Gasteiger partial charge on any atom is 1.00 e. The van der Waals surface area contributed by atoms with Crippen molar-refractivity contribution in [1.29, 1.82) is 0 Å². The van der Waals surface area contributed by atoms with Gasteiger partial charge in [-0.1, -0.05) is 48.5 Å². The van der Waals surface area contributed by atoms with Gasteiger partial charge in [0.15, 0.2) is 0 Å². The number of benzene rings is 4. The quantitative estimate of drug-likeness (QED) is 0.105. The molecule has 4 rings (SSSR count). The van der Waals surface area contributed by atoms with E-state index in [-0.39, 0.29) is 29.6 Å². The second-order valence-electron chi connectivity index (χ2n) is 17.8. The fourth-order valence-corrected chi connectivity index (χ4v) is 9.58. The zero-order chi connectivity index (χ0) is 66.7. The number of methoxy groups -OCH3 is 4. The minimum absolute atomic E-state index is 0. The maximum absolute atomic E-state index is 15.2. The molecule has 0 aliphatic heterocycles. The van der Waals surface area contributed by atoms with Crippen LogP contribution in [0.2, 0.25) is 0 Å². The van der Waals surface area contributed by atoms with Crippen LogP contribution in [0.5, 0.6) is 0 Å². The van der Waals surface area contributed by atoms with E-state index in [0.29, 0.717) is 0 Å². The van der Waals surface area contributed by atoms with Gasteiger partial charge in [0.1, 0.15) is 6.15 Å². The first-order chi connectivity index (χ1) is 37.5. The normalized spacial score (nSPS) is 15.1. The summed E-state index contributed by atoms with van der Waals surface area (Å²) in [5, 5.41) is 0. The van der Waals surface area contributed by atoms with Gasteiger partial charge in [0.2, 0.25) is 0 Å². The fraction of sp³-hybridized carbons (Fsp3) is 0.455. The molecule has 0 saturated heterocycles. The summed E-state index contributed by atoms with van der Waals surface area (Å²) >= 11 is 0. The first-order valence-corrected chi connectivity index (χ1v) is 21.3. The van der Waals surface area contributed by atoms with E-state index in [1.807, 2.05) is 0 Å². The largest absolute Gasteiger partial charge is 1.00 e. The average molecular weight is 1330 g/mol. The van der Waals surface area contributed by atoms with Gasteiger partial charge in [0.05, 0.1) is 22.3 Å². The zero-order valence-corrected chi connectivity index (χ0v) is 43.7. The van der Waals surface area contributed by atoms with Gasteiger partial charge in [-0.05, 0) is 46.5 Å². The molecule has 0 amide bonds. The Morgan fingerprint density at radius 3 is 0.419 bits per heavy atom. The summed E-state index contributed by atoms with van der Waals surface area (Å²) in [5.74, 6) is 0. The van der Waals surface area contributed by atoms with E-state index < -0.39 is 270 Å². The van der Waals surface area contributed by atoms with Crippen molar-refractivity contribution < 1.29 is 207 Å². The summed E-state index contributed by atoms with van der Waals surface area (Å²) in [6.07, 6.45) is -95.4. The van der Waals surface area contributed by atoms with Crippen LogP contribution >= 0.6 is 0 Å². The molecular formula is C44H24BF36NaO4. The summed E-state index contributed by atoms with van der Waals surface area (Å²) in [5.41, 5.74) is -68.0. The van der Waals surface area contributed by atoms with Crippen LogP contribution in [0.3, 0.4) is 0 Å². The molecule has 4 aromatic carbocycles. The Balaban J connectivity index is 0.0000194. The van der Waals surface area contributed by atoms with Gasteiger partial charge in [0.25, 0.3) is 22.4 Å². The Hall–Kier alpha value is -4.74. The van der Waals surface area contributed by atoms with Crippen molar-refractivity contribution in [3.8, 4) is 0 Å². The van der Waals surface area contributed by atoms with Gasteiger partial charge in [-0.25, -0.2) is 0 Å². The molecule has 0 bridgehead atoms. The molecule has 0 saturated carbocycles. The predicted octanol–water partition coefficient (Wildman–Crippen LogP) is 12.0. The molecule has 0 fully saturated rings. The van der Waals surface area contributed by atoms with Crippen LogP contribution in [0.4, 0.5) is 158 Å². The first kappa shape index (κ1) is 75.5. The first-order valence-electron chi connectivity index (χ1n) is 21.3. The number of rotatable bonds is 12. The Morgan fingerprint density at radius 2 is 0.326 bits per heavy atom. The van der Waals surface area contributed by atoms with Crippen LogP contribution in [0.15, 0.2) is 72.8 Å². The van der Waals surface area contributed by atoms with Crippen LogP contribution in [-0.4, -0.2) is 84.0 Å². The fourth-order valence-electron chi connectivity index (χ4n) is 9.58. The summed E-state index contributed by atoms with van der Waals surface area (Å²) in [7, 11) is -3.14. The van der Waals surface area contributed by atoms with Crippen LogP contribution in [0.25, 0.3) is 0 Å². The molecule has 4 nitrogen and oxygen atoms in total. The van der Waals surface area contributed by atoms with Crippen molar-refractivity contribution in [2.75, 3.05) is 28.4 Å². The third-order valence-corrected chi connectivity index (χ3v) is 13.2. The number of halogens is 36. The van der Waals surface area contributed by atoms with Gasteiger partial charge in [-0.15, -0.1) is 0 Å². The molecular weight excluding hydrogens is 1310 g/mol. The van der Waals surface area contributed by atoms with Crippen molar-refractivity contribution in [2.24, 2.45) is 0 Å². The van der Waals surface area contributed by atoms with Crippen molar-refractivity contribution in [3.63, 3.8) is 0 Å². The van der Waals surface area contributed by atoms with E-state index in [4.69, 9.17) is 0 Å². The SMILES string of the molecule is COC(c1cc([B-](c2cc(C(F)(F)F)cc(C(OC)(C(F)(F)F)C(F)(F)F)c2)(c2cc(C(F)(F)F)cc(C(OC)(C(F)(F)F)C(F)(F)F)c2)c2cc(C(F)(F)F)cc(C(OC)(C(F)(F)F)C(F)(F)F)c2)cc(C(F)(F)F)c1)(C(F)(F)F)C(F)(F)F.[Na+]. The Kier molecular flexibility index (Phi) is 19.9. The third kappa shape index (κ3) is 12.2. The van der Waals surface area contributed by atoms with E-state index in [1.165, 1.54) is 0 Å². The van der Waals surface area contributed by atoms with Gasteiger partial charge in [-0.3, -0.25) is 0 Å². The van der Waals surface area contributed by atoms with Crippen LogP contribution in [0, 0.1) is 0 Å². The Bertz CT molecular complexity index is 2600. The van der Waals surface area contributed by atoms with Crippen molar-refractivity contribution >= 4 is 28.0 Å². The molecule has 0 N–H and O–H groups in total. The number of ether oxygens (including phenoxy) is 4. The Morgan fingerprint density at radius 1 is 0.209 bits per heavy atom. The average Bonchev–Trinajstić information content (AvgIpc) is 0.707. The molecule has 4 aromatic rings. The topological polar surface area (TPSA) is 36.9 Å². The van der Waals surface area contributed by atoms with E-state index in [0.717, 1.165) is 0 Å². The van der Waals surface area contributed by atoms with Crippen molar-refractivity contribution in [1.82, 2.24) is 0 Å². The van der Waals surface area contributed by atoms with E-state index in [2.05, 4.69) is 18.9 Å². The minimum Gasteiger partial charge on any atom is -0.357 e. The van der Waals surface area contributed by atoms with E-state index in [9.17, 15) is 0 Å². The van der Waals surface area contributed by atoms with Crippen LogP contribution < -0.4 is 51.4 Å². The summed E-state index contributed by atoms with van der Waals surface area (Å²) < 4.78 is 559. The molecule has 0 aliphatic rings. The number of hydrogen-bond acceptors (Lipinski definition) is 4. The monoisotopic (exact) mass is 1330 g/mol. The molecule has 0 unspecified atom stereocenters. The summed E-state index contributed by atoms with van der Waals surface area (Å²) in [6.45, 7) is 0. The predicted molar refractivity (Wildman–Crippen MR) is 213 cm³/mol. The molecule has 42 heteroatoms. The van der Waals surface area contributed by atoms with E-state index in [1.54, 1.807) is 0 Å². The molecule has 0 spiro atoms.